The zero-order chi connectivity index (χ0) is 22.2. The third kappa shape index (κ3) is 4.03. The molecule has 2 N–H and O–H groups in total. The maximum Gasteiger partial charge on any atom is 0.240 e. The zero-order valence-corrected chi connectivity index (χ0v) is 19.4. The number of nitrogens with zero attached hydrogens (tertiary/aromatic N) is 3. The van der Waals surface area contributed by atoms with Crippen LogP contribution in [0.15, 0.2) is 24.4 Å². The Morgan fingerprint density at radius 3 is 2.66 bits per heavy atom. The summed E-state index contributed by atoms with van der Waals surface area (Å²) < 4.78 is 2.20. The van der Waals surface area contributed by atoms with Crippen LogP contribution >= 0.6 is 11.6 Å². The number of hydrogen-bond acceptors (Lipinski definition) is 3. The Labute approximate surface area is 194 Å². The summed E-state index contributed by atoms with van der Waals surface area (Å²) in [6.07, 6.45) is 11.3. The summed E-state index contributed by atoms with van der Waals surface area (Å²) in [7, 11) is 0. The van der Waals surface area contributed by atoms with E-state index in [9.17, 15) is 9.59 Å². The summed E-state index contributed by atoms with van der Waals surface area (Å²) in [5.74, 6) is 0.605. The zero-order valence-electron chi connectivity index (χ0n) is 18.6. The predicted octanol–water partition coefficient (Wildman–Crippen LogP) is 4.32. The summed E-state index contributed by atoms with van der Waals surface area (Å²) >= 11 is 6.31. The van der Waals surface area contributed by atoms with Crippen molar-refractivity contribution < 1.29 is 9.59 Å². The van der Waals surface area contributed by atoms with Gasteiger partial charge in [0.15, 0.2) is 0 Å². The molecule has 2 amide bonds. The van der Waals surface area contributed by atoms with Crippen molar-refractivity contribution in [1.82, 2.24) is 9.47 Å². The Morgan fingerprint density at radius 2 is 1.91 bits per heavy atom. The number of hydrogen-bond donors (Lipinski definition) is 1. The van der Waals surface area contributed by atoms with Gasteiger partial charge in [0.2, 0.25) is 11.8 Å². The molecule has 0 spiro atoms. The second kappa shape index (κ2) is 9.06. The van der Waals surface area contributed by atoms with Gasteiger partial charge in [-0.1, -0.05) is 30.9 Å². The fourth-order valence-electron chi connectivity index (χ4n) is 5.95. The highest BCUT2D eigenvalue weighted by molar-refractivity contribution is 6.31. The van der Waals surface area contributed by atoms with Gasteiger partial charge in [-0.15, -0.1) is 0 Å². The van der Waals surface area contributed by atoms with Crippen molar-refractivity contribution in [2.24, 2.45) is 11.7 Å². The molecule has 5 rings (SSSR count). The minimum atomic E-state index is -0.381. The number of nitrogens with two attached hydrogens (primary N) is 1. The van der Waals surface area contributed by atoms with Gasteiger partial charge >= 0.3 is 0 Å². The predicted molar refractivity (Wildman–Crippen MR) is 128 cm³/mol. The molecule has 3 fully saturated rings. The second-order valence-corrected chi connectivity index (χ2v) is 10.2. The average Bonchev–Trinajstić information content (AvgIpc) is 3.52. The fourth-order valence-corrected chi connectivity index (χ4v) is 6.12. The molecule has 3 heterocycles. The highest BCUT2D eigenvalue weighted by atomic mass is 35.5. The first-order chi connectivity index (χ1) is 15.5. The summed E-state index contributed by atoms with van der Waals surface area (Å²) in [4.78, 5) is 29.7. The Balaban J connectivity index is 1.40. The van der Waals surface area contributed by atoms with Crippen LogP contribution in [0, 0.1) is 5.92 Å². The third-order valence-corrected chi connectivity index (χ3v) is 7.93. The van der Waals surface area contributed by atoms with Crippen molar-refractivity contribution in [2.45, 2.75) is 76.4 Å². The number of halogens is 1. The van der Waals surface area contributed by atoms with Gasteiger partial charge in [0.25, 0.3) is 0 Å². The Hall–Kier alpha value is -2.05. The number of anilines is 1. The summed E-state index contributed by atoms with van der Waals surface area (Å²) in [5.41, 5.74) is 8.47. The highest BCUT2D eigenvalue weighted by Crippen LogP contribution is 2.35. The maximum atomic E-state index is 13.3. The number of carbonyl (C=O) groups excluding carboxylic acids is 2. The molecule has 2 saturated heterocycles. The Kier molecular flexibility index (Phi) is 6.17. The van der Waals surface area contributed by atoms with Gasteiger partial charge in [0.05, 0.1) is 17.2 Å². The van der Waals surface area contributed by atoms with Crippen LogP contribution in [0.5, 0.6) is 0 Å². The molecule has 6 nitrogen and oxygen atoms in total. The van der Waals surface area contributed by atoms with Crippen molar-refractivity contribution in [1.29, 1.82) is 0 Å². The number of fused-ring (bicyclic) bond motifs is 1. The number of likely N-dealkylation sites (tertiary alicyclic amines) is 1. The molecule has 3 aliphatic rings. The van der Waals surface area contributed by atoms with Gasteiger partial charge in [-0.3, -0.25) is 9.59 Å². The smallest absolute Gasteiger partial charge is 0.240 e. The van der Waals surface area contributed by atoms with Gasteiger partial charge in [-0.05, 0) is 56.2 Å². The molecule has 7 heteroatoms. The lowest BCUT2D eigenvalue weighted by atomic mass is 9.83. The highest BCUT2D eigenvalue weighted by Gasteiger charge is 2.36. The Morgan fingerprint density at radius 1 is 1.09 bits per heavy atom. The van der Waals surface area contributed by atoms with Gasteiger partial charge in [0.1, 0.15) is 0 Å². The van der Waals surface area contributed by atoms with Crippen LogP contribution in [0.1, 0.15) is 57.8 Å². The van der Waals surface area contributed by atoms with Crippen LogP contribution in [0.4, 0.5) is 5.69 Å². The van der Waals surface area contributed by atoms with Crippen molar-refractivity contribution in [3.8, 4) is 0 Å². The molecule has 1 saturated carbocycles. The van der Waals surface area contributed by atoms with Crippen LogP contribution in [0.25, 0.3) is 10.9 Å². The van der Waals surface area contributed by atoms with E-state index in [-0.39, 0.29) is 23.9 Å². The lowest BCUT2D eigenvalue weighted by Gasteiger charge is -2.32. The molecule has 0 unspecified atom stereocenters. The van der Waals surface area contributed by atoms with E-state index < -0.39 is 0 Å². The van der Waals surface area contributed by atoms with Gasteiger partial charge in [0, 0.05) is 48.7 Å². The number of benzene rings is 1. The standard InChI is InChI=1S/C25H33ClN4O2/c26-18-10-11-21-20(14-18)22(30-13-5-9-23(30)31)16-28(21)15-19-8-4-12-29(19)25(32)24(27)17-6-2-1-3-7-17/h10-11,14,16-17,19,24H,1-9,12-13,15,27H2/t19-,24-/m0/s1. The SMILES string of the molecule is N[C@H](C(=O)N1CCC[C@H]1Cn1cc(N2CCCC2=O)c2cc(Cl)ccc21)C1CCCCC1. The Bertz CT molecular complexity index is 1010. The van der Waals surface area contributed by atoms with Crippen LogP contribution in [0.2, 0.25) is 5.02 Å². The lowest BCUT2D eigenvalue weighted by molar-refractivity contribution is -0.135. The monoisotopic (exact) mass is 456 g/mol. The van der Waals surface area contributed by atoms with E-state index in [1.165, 1.54) is 19.3 Å². The number of aromatic nitrogens is 1. The minimum absolute atomic E-state index is 0.119. The van der Waals surface area contributed by atoms with Crippen LogP contribution in [-0.4, -0.2) is 46.5 Å². The van der Waals surface area contributed by atoms with Crippen molar-refractivity contribution >= 4 is 40.0 Å². The van der Waals surface area contributed by atoms with Crippen molar-refractivity contribution in [3.05, 3.63) is 29.4 Å². The van der Waals surface area contributed by atoms with E-state index in [0.29, 0.717) is 23.9 Å². The molecule has 172 valence electrons. The largest absolute Gasteiger partial charge is 0.343 e. The first-order valence-electron chi connectivity index (χ1n) is 12.2. The van der Waals surface area contributed by atoms with Gasteiger partial charge < -0.3 is 20.1 Å². The van der Waals surface area contributed by atoms with Gasteiger partial charge in [-0.25, -0.2) is 0 Å². The third-order valence-electron chi connectivity index (χ3n) is 7.70. The first-order valence-corrected chi connectivity index (χ1v) is 12.6. The van der Waals surface area contributed by atoms with E-state index in [2.05, 4.69) is 10.8 Å². The molecule has 2 aromatic rings. The molecule has 1 aliphatic carbocycles. The number of rotatable bonds is 5. The molecule has 0 bridgehead atoms. The summed E-state index contributed by atoms with van der Waals surface area (Å²) in [5, 5.41) is 1.67. The molecule has 32 heavy (non-hydrogen) atoms. The molecule has 1 aromatic carbocycles. The minimum Gasteiger partial charge on any atom is -0.343 e. The first kappa shape index (κ1) is 21.8. The van der Waals surface area contributed by atoms with Crippen LogP contribution in [0.3, 0.4) is 0 Å². The van der Waals surface area contributed by atoms with Crippen LogP contribution in [-0.2, 0) is 16.1 Å². The van der Waals surface area contributed by atoms with E-state index in [4.69, 9.17) is 17.3 Å². The molecular weight excluding hydrogens is 424 g/mol. The van der Waals surface area contributed by atoms with Crippen molar-refractivity contribution in [3.63, 3.8) is 0 Å². The normalized spacial score (nSPS) is 23.4. The van der Waals surface area contributed by atoms with Gasteiger partial charge in [-0.2, -0.15) is 0 Å². The lowest BCUT2D eigenvalue weighted by Crippen LogP contribution is -2.50. The van der Waals surface area contributed by atoms with E-state index in [1.807, 2.05) is 28.0 Å². The maximum absolute atomic E-state index is 13.3. The summed E-state index contributed by atoms with van der Waals surface area (Å²) in [6.45, 7) is 2.24. The second-order valence-electron chi connectivity index (χ2n) is 9.73. The van der Waals surface area contributed by atoms with E-state index in [0.717, 1.165) is 61.8 Å². The topological polar surface area (TPSA) is 71.6 Å². The fraction of sp³-hybridized carbons (Fsp3) is 0.600. The summed E-state index contributed by atoms with van der Waals surface area (Å²) in [6, 6.07) is 5.62. The number of carbonyl (C=O) groups is 2. The van der Waals surface area contributed by atoms with Crippen LogP contribution < -0.4 is 10.6 Å². The molecule has 2 aliphatic heterocycles. The quantitative estimate of drug-likeness (QED) is 0.728. The molecule has 2 atom stereocenters. The molecule has 0 radical (unpaired) electrons. The van der Waals surface area contributed by atoms with E-state index >= 15 is 0 Å². The number of amides is 2. The average molecular weight is 457 g/mol. The van der Waals surface area contributed by atoms with Crippen molar-refractivity contribution in [2.75, 3.05) is 18.0 Å². The molecular formula is C25H33ClN4O2. The van der Waals surface area contributed by atoms with E-state index in [1.54, 1.807) is 0 Å². The molecule has 1 aromatic heterocycles.